The van der Waals surface area contributed by atoms with Crippen LogP contribution < -0.4 is 0 Å². The SMILES string of the molecule is C=O.Cc1ccc(C(C)(C)C)c(O)c1. The molecular formula is C12H18O2. The minimum absolute atomic E-state index is 0.0256. The Morgan fingerprint density at radius 3 is 2.07 bits per heavy atom. The molecule has 0 aliphatic rings. The van der Waals surface area contributed by atoms with Gasteiger partial charge in [-0.2, -0.15) is 0 Å². The molecule has 1 rings (SSSR count). The minimum atomic E-state index is 0.0256. The number of aryl methyl sites for hydroxylation is 1. The van der Waals surface area contributed by atoms with Gasteiger partial charge in [-0.05, 0) is 29.5 Å². The molecule has 1 aromatic rings. The number of aromatic hydroxyl groups is 1. The Kier molecular flexibility index (Phi) is 4.35. The van der Waals surface area contributed by atoms with Crippen LogP contribution in [0.25, 0.3) is 0 Å². The Hall–Kier alpha value is -1.31. The number of carbonyl (C=O) groups is 1. The van der Waals surface area contributed by atoms with Crippen LogP contribution in [0.3, 0.4) is 0 Å². The van der Waals surface area contributed by atoms with Gasteiger partial charge < -0.3 is 9.90 Å². The van der Waals surface area contributed by atoms with Crippen LogP contribution in [0, 0.1) is 6.92 Å². The number of phenolic OH excluding ortho intramolecular Hbond substituents is 1. The van der Waals surface area contributed by atoms with Crippen molar-refractivity contribution in [2.24, 2.45) is 0 Å². The average molecular weight is 194 g/mol. The van der Waals surface area contributed by atoms with Gasteiger partial charge in [-0.1, -0.05) is 32.9 Å². The molecule has 0 aliphatic carbocycles. The first-order valence-electron chi connectivity index (χ1n) is 4.50. The molecule has 78 valence electrons. The van der Waals surface area contributed by atoms with Crippen molar-refractivity contribution in [1.29, 1.82) is 0 Å². The van der Waals surface area contributed by atoms with Crippen LogP contribution in [0.15, 0.2) is 18.2 Å². The van der Waals surface area contributed by atoms with Crippen LogP contribution in [0.5, 0.6) is 5.75 Å². The zero-order valence-corrected chi connectivity index (χ0v) is 9.29. The largest absolute Gasteiger partial charge is 0.508 e. The molecule has 0 saturated heterocycles. The molecule has 0 aliphatic heterocycles. The summed E-state index contributed by atoms with van der Waals surface area (Å²) in [5.41, 5.74) is 2.13. The van der Waals surface area contributed by atoms with Gasteiger partial charge in [-0.3, -0.25) is 0 Å². The second kappa shape index (κ2) is 4.80. The number of benzene rings is 1. The fraction of sp³-hybridized carbons (Fsp3) is 0.417. The summed E-state index contributed by atoms with van der Waals surface area (Å²) in [4.78, 5) is 8.00. The van der Waals surface area contributed by atoms with Crippen molar-refractivity contribution in [2.75, 3.05) is 0 Å². The van der Waals surface area contributed by atoms with Crippen molar-refractivity contribution < 1.29 is 9.90 Å². The van der Waals surface area contributed by atoms with Crippen molar-refractivity contribution >= 4 is 6.79 Å². The maximum Gasteiger partial charge on any atom is 0.119 e. The number of hydrogen-bond acceptors (Lipinski definition) is 2. The summed E-state index contributed by atoms with van der Waals surface area (Å²) in [7, 11) is 0. The van der Waals surface area contributed by atoms with Gasteiger partial charge in [0.15, 0.2) is 0 Å². The molecule has 0 saturated carbocycles. The zero-order chi connectivity index (χ0) is 11.4. The first-order chi connectivity index (χ1) is 6.41. The molecule has 1 N–H and O–H groups in total. The van der Waals surface area contributed by atoms with E-state index in [9.17, 15) is 5.11 Å². The molecule has 2 heteroatoms. The predicted octanol–water partition coefficient (Wildman–Crippen LogP) is 2.81. The summed E-state index contributed by atoms with van der Waals surface area (Å²) in [6.07, 6.45) is 0. The summed E-state index contributed by atoms with van der Waals surface area (Å²) in [6, 6.07) is 5.82. The second-order valence-electron chi connectivity index (χ2n) is 4.27. The van der Waals surface area contributed by atoms with Gasteiger partial charge in [0.1, 0.15) is 12.5 Å². The van der Waals surface area contributed by atoms with Gasteiger partial charge >= 0.3 is 0 Å². The molecule has 1 aromatic carbocycles. The molecule has 2 nitrogen and oxygen atoms in total. The van der Waals surface area contributed by atoms with E-state index in [1.807, 2.05) is 25.8 Å². The topological polar surface area (TPSA) is 37.3 Å². The lowest BCUT2D eigenvalue weighted by Crippen LogP contribution is -2.11. The number of rotatable bonds is 0. The molecule has 0 heterocycles. The zero-order valence-electron chi connectivity index (χ0n) is 9.29. The summed E-state index contributed by atoms with van der Waals surface area (Å²) in [6.45, 7) is 10.3. The monoisotopic (exact) mass is 194 g/mol. The fourth-order valence-corrected chi connectivity index (χ4v) is 1.28. The molecule has 0 atom stereocenters. The van der Waals surface area contributed by atoms with Crippen LogP contribution in [0.1, 0.15) is 31.9 Å². The van der Waals surface area contributed by atoms with E-state index in [4.69, 9.17) is 4.79 Å². The third-order valence-corrected chi connectivity index (χ3v) is 1.96. The second-order valence-corrected chi connectivity index (χ2v) is 4.27. The van der Waals surface area contributed by atoms with Crippen molar-refractivity contribution in [2.45, 2.75) is 33.1 Å². The van der Waals surface area contributed by atoms with Crippen LogP contribution in [-0.2, 0) is 10.2 Å². The van der Waals surface area contributed by atoms with Gasteiger partial charge in [-0.15, -0.1) is 0 Å². The quantitative estimate of drug-likeness (QED) is 0.689. The standard InChI is InChI=1S/C11H16O.CH2O/c1-8-5-6-9(10(12)7-8)11(2,3)4;1-2/h5-7,12H,1-4H3;1H2. The lowest BCUT2D eigenvalue weighted by Gasteiger charge is -2.20. The highest BCUT2D eigenvalue weighted by Crippen LogP contribution is 2.30. The van der Waals surface area contributed by atoms with E-state index in [2.05, 4.69) is 20.8 Å². The maximum atomic E-state index is 9.63. The van der Waals surface area contributed by atoms with Gasteiger partial charge in [0, 0.05) is 0 Å². The maximum absolute atomic E-state index is 9.63. The van der Waals surface area contributed by atoms with Crippen molar-refractivity contribution in [3.63, 3.8) is 0 Å². The molecule has 0 bridgehead atoms. The van der Waals surface area contributed by atoms with Crippen LogP contribution in [0.2, 0.25) is 0 Å². The molecular weight excluding hydrogens is 176 g/mol. The molecule has 0 aromatic heterocycles. The lowest BCUT2D eigenvalue weighted by molar-refractivity contribution is -0.0979. The highest BCUT2D eigenvalue weighted by atomic mass is 16.3. The molecule has 0 amide bonds. The Balaban J connectivity index is 0.000000791. The van der Waals surface area contributed by atoms with E-state index >= 15 is 0 Å². The summed E-state index contributed by atoms with van der Waals surface area (Å²) in [5, 5.41) is 9.63. The van der Waals surface area contributed by atoms with E-state index in [0.717, 1.165) is 11.1 Å². The third-order valence-electron chi connectivity index (χ3n) is 1.96. The van der Waals surface area contributed by atoms with Crippen molar-refractivity contribution in [3.8, 4) is 5.75 Å². The highest BCUT2D eigenvalue weighted by molar-refractivity contribution is 5.39. The van der Waals surface area contributed by atoms with Crippen LogP contribution in [-0.4, -0.2) is 11.9 Å². The predicted molar refractivity (Wildman–Crippen MR) is 58.7 cm³/mol. The Bertz CT molecular complexity index is 298. The van der Waals surface area contributed by atoms with Crippen molar-refractivity contribution in [3.05, 3.63) is 29.3 Å². The highest BCUT2D eigenvalue weighted by Gasteiger charge is 2.17. The molecule has 0 spiro atoms. The lowest BCUT2D eigenvalue weighted by atomic mass is 9.86. The van der Waals surface area contributed by atoms with Gasteiger partial charge in [0.05, 0.1) is 0 Å². The van der Waals surface area contributed by atoms with Gasteiger partial charge in [0.2, 0.25) is 0 Å². The fourth-order valence-electron chi connectivity index (χ4n) is 1.28. The van der Waals surface area contributed by atoms with E-state index in [-0.39, 0.29) is 5.41 Å². The summed E-state index contributed by atoms with van der Waals surface area (Å²) < 4.78 is 0. The smallest absolute Gasteiger partial charge is 0.119 e. The van der Waals surface area contributed by atoms with Gasteiger partial charge in [-0.25, -0.2) is 0 Å². The number of hydrogen-bond donors (Lipinski definition) is 1. The first kappa shape index (κ1) is 12.7. The number of phenols is 1. The van der Waals surface area contributed by atoms with Crippen LogP contribution in [0.4, 0.5) is 0 Å². The Morgan fingerprint density at radius 2 is 1.71 bits per heavy atom. The van der Waals surface area contributed by atoms with E-state index < -0.39 is 0 Å². The van der Waals surface area contributed by atoms with Crippen molar-refractivity contribution in [1.82, 2.24) is 0 Å². The molecule has 0 radical (unpaired) electrons. The first-order valence-corrected chi connectivity index (χ1v) is 4.50. The van der Waals surface area contributed by atoms with Gasteiger partial charge in [0.25, 0.3) is 0 Å². The molecule has 14 heavy (non-hydrogen) atoms. The van der Waals surface area contributed by atoms with Crippen LogP contribution >= 0.6 is 0 Å². The van der Waals surface area contributed by atoms with E-state index in [1.54, 1.807) is 6.07 Å². The molecule has 0 fully saturated rings. The normalized spacial score (nSPS) is 10.3. The number of carbonyl (C=O) groups excluding carboxylic acids is 1. The third kappa shape index (κ3) is 3.21. The summed E-state index contributed by atoms with van der Waals surface area (Å²) in [5.74, 6) is 0.405. The Labute approximate surface area is 85.6 Å². The summed E-state index contributed by atoms with van der Waals surface area (Å²) >= 11 is 0. The van der Waals surface area contributed by atoms with E-state index in [1.165, 1.54) is 0 Å². The average Bonchev–Trinajstić information content (AvgIpc) is 2.05. The van der Waals surface area contributed by atoms with E-state index in [0.29, 0.717) is 5.75 Å². The minimum Gasteiger partial charge on any atom is -0.508 e. The molecule has 0 unspecified atom stereocenters. The Morgan fingerprint density at radius 1 is 1.21 bits per heavy atom.